The summed E-state index contributed by atoms with van der Waals surface area (Å²) < 4.78 is 3.03. The monoisotopic (exact) mass is 396 g/mol. The van der Waals surface area contributed by atoms with Crippen molar-refractivity contribution in [2.24, 2.45) is 0 Å². The minimum atomic E-state index is 0.166. The molecule has 1 atom stereocenters. The summed E-state index contributed by atoms with van der Waals surface area (Å²) in [6.07, 6.45) is 3.96. The molecule has 0 fully saturated rings. The predicted octanol–water partition coefficient (Wildman–Crippen LogP) is 5.18. The maximum absolute atomic E-state index is 4.42. The molecule has 0 saturated heterocycles. The highest BCUT2D eigenvalue weighted by molar-refractivity contribution is 9.11. The molecule has 1 unspecified atom stereocenters. The van der Waals surface area contributed by atoms with Gasteiger partial charge in [0, 0.05) is 21.1 Å². The van der Waals surface area contributed by atoms with E-state index in [9.17, 15) is 0 Å². The second kappa shape index (κ2) is 5.61. The van der Waals surface area contributed by atoms with Crippen LogP contribution in [0, 0.1) is 0 Å². The Labute approximate surface area is 132 Å². The summed E-state index contributed by atoms with van der Waals surface area (Å²) in [4.78, 5) is 1.42. The zero-order valence-corrected chi connectivity index (χ0v) is 13.8. The topological polar surface area (TPSA) is 17.8 Å². The lowest BCUT2D eigenvalue weighted by Gasteiger charge is -2.05. The maximum Gasteiger partial charge on any atom is 0.0780 e. The fraction of sp³-hybridized carbons (Fsp3) is 0.0714. The van der Waals surface area contributed by atoms with Crippen molar-refractivity contribution in [3.05, 3.63) is 69.1 Å². The van der Waals surface area contributed by atoms with Crippen molar-refractivity contribution < 1.29 is 0 Å². The molecule has 5 heteroatoms. The minimum absolute atomic E-state index is 0.166. The van der Waals surface area contributed by atoms with Crippen LogP contribution in [0.5, 0.6) is 0 Å². The van der Waals surface area contributed by atoms with Gasteiger partial charge < -0.3 is 0 Å². The Hall–Kier alpha value is -0.910. The molecule has 0 spiro atoms. The normalized spacial score (nSPS) is 12.5. The molecule has 2 heterocycles. The first-order valence-electron chi connectivity index (χ1n) is 5.72. The Kier molecular flexibility index (Phi) is 3.86. The molecule has 2 aromatic heterocycles. The fourth-order valence-electron chi connectivity index (χ4n) is 1.83. The van der Waals surface area contributed by atoms with Crippen LogP contribution >= 0.6 is 43.2 Å². The number of nitrogens with zero attached hydrogens (tertiary/aromatic N) is 2. The molecule has 1 aromatic carbocycles. The lowest BCUT2D eigenvalue weighted by molar-refractivity contribution is 0.880. The third-order valence-corrected chi connectivity index (χ3v) is 6.02. The highest BCUT2D eigenvalue weighted by atomic mass is 79.9. The van der Waals surface area contributed by atoms with E-state index >= 15 is 0 Å². The predicted molar refractivity (Wildman–Crippen MR) is 86.4 cm³/mol. The van der Waals surface area contributed by atoms with Crippen LogP contribution in [0.4, 0.5) is 0 Å². The van der Waals surface area contributed by atoms with Crippen LogP contribution in [0.2, 0.25) is 0 Å². The van der Waals surface area contributed by atoms with Crippen LogP contribution in [0.25, 0.3) is 5.69 Å². The van der Waals surface area contributed by atoms with Crippen molar-refractivity contribution in [1.82, 2.24) is 9.78 Å². The van der Waals surface area contributed by atoms with E-state index in [1.165, 1.54) is 4.88 Å². The first kappa shape index (κ1) is 13.1. The van der Waals surface area contributed by atoms with Gasteiger partial charge in [0.15, 0.2) is 0 Å². The third kappa shape index (κ3) is 2.68. The zero-order chi connectivity index (χ0) is 13.2. The van der Waals surface area contributed by atoms with Gasteiger partial charge in [0.2, 0.25) is 0 Å². The molecule has 0 radical (unpaired) electrons. The SMILES string of the molecule is Brc1ccsc1C(Br)c1cnn(-c2ccccc2)c1. The van der Waals surface area contributed by atoms with Crippen LogP contribution in [0.15, 0.2) is 58.6 Å². The molecule has 0 aliphatic carbocycles. The number of alkyl halides is 1. The largest absolute Gasteiger partial charge is 0.241 e. The van der Waals surface area contributed by atoms with Crippen LogP contribution in [0.3, 0.4) is 0 Å². The second-order valence-corrected chi connectivity index (χ2v) is 6.77. The summed E-state index contributed by atoms with van der Waals surface area (Å²) in [5.74, 6) is 0. The Balaban J connectivity index is 1.92. The van der Waals surface area contributed by atoms with Gasteiger partial charge in [-0.2, -0.15) is 5.10 Å². The molecule has 3 rings (SSSR count). The van der Waals surface area contributed by atoms with E-state index in [4.69, 9.17) is 0 Å². The molecule has 0 bridgehead atoms. The van der Waals surface area contributed by atoms with Crippen molar-refractivity contribution >= 4 is 43.2 Å². The Bertz CT molecular complexity index is 676. The first-order chi connectivity index (χ1) is 9.25. The maximum atomic E-state index is 4.42. The Morgan fingerprint density at radius 2 is 1.95 bits per heavy atom. The average Bonchev–Trinajstić information content (AvgIpc) is 3.08. The van der Waals surface area contributed by atoms with Gasteiger partial charge in [0.1, 0.15) is 0 Å². The number of hydrogen-bond acceptors (Lipinski definition) is 2. The molecular weight excluding hydrogens is 388 g/mol. The van der Waals surface area contributed by atoms with Gasteiger partial charge in [-0.3, -0.25) is 0 Å². The summed E-state index contributed by atoms with van der Waals surface area (Å²) in [5.41, 5.74) is 2.21. The third-order valence-electron chi connectivity index (χ3n) is 2.79. The summed E-state index contributed by atoms with van der Waals surface area (Å²) in [6.45, 7) is 0. The van der Waals surface area contributed by atoms with E-state index in [1.54, 1.807) is 11.3 Å². The number of benzene rings is 1. The Morgan fingerprint density at radius 1 is 1.16 bits per heavy atom. The molecule has 2 nitrogen and oxygen atoms in total. The Morgan fingerprint density at radius 3 is 2.63 bits per heavy atom. The second-order valence-electron chi connectivity index (χ2n) is 4.05. The van der Waals surface area contributed by atoms with Crippen molar-refractivity contribution in [2.45, 2.75) is 4.83 Å². The molecule has 3 aromatic rings. The van der Waals surface area contributed by atoms with Gasteiger partial charge in [0.05, 0.1) is 16.7 Å². The van der Waals surface area contributed by atoms with E-state index in [0.717, 1.165) is 15.7 Å². The smallest absolute Gasteiger partial charge is 0.0780 e. The van der Waals surface area contributed by atoms with Gasteiger partial charge in [-0.05, 0) is 39.5 Å². The van der Waals surface area contributed by atoms with Crippen LogP contribution in [0.1, 0.15) is 15.3 Å². The summed E-state index contributed by atoms with van der Waals surface area (Å²) >= 11 is 9.03. The molecule has 0 amide bonds. The number of para-hydroxylation sites is 1. The van der Waals surface area contributed by atoms with E-state index in [0.29, 0.717) is 0 Å². The summed E-state index contributed by atoms with van der Waals surface area (Å²) in [6, 6.07) is 12.2. The highest BCUT2D eigenvalue weighted by Crippen LogP contribution is 2.38. The van der Waals surface area contributed by atoms with E-state index in [-0.39, 0.29) is 4.83 Å². The summed E-state index contributed by atoms with van der Waals surface area (Å²) in [5, 5.41) is 6.50. The lowest BCUT2D eigenvalue weighted by atomic mass is 10.2. The molecule has 0 N–H and O–H groups in total. The van der Waals surface area contributed by atoms with Gasteiger partial charge in [-0.25, -0.2) is 4.68 Å². The highest BCUT2D eigenvalue weighted by Gasteiger charge is 2.16. The van der Waals surface area contributed by atoms with Crippen molar-refractivity contribution in [3.63, 3.8) is 0 Å². The zero-order valence-electron chi connectivity index (χ0n) is 9.83. The van der Waals surface area contributed by atoms with E-state index in [2.05, 4.69) is 54.6 Å². The number of halogens is 2. The minimum Gasteiger partial charge on any atom is -0.241 e. The lowest BCUT2D eigenvalue weighted by Crippen LogP contribution is -1.93. The molecule has 96 valence electrons. The van der Waals surface area contributed by atoms with E-state index < -0.39 is 0 Å². The quantitative estimate of drug-likeness (QED) is 0.556. The van der Waals surface area contributed by atoms with Gasteiger partial charge in [-0.1, -0.05) is 34.1 Å². The van der Waals surface area contributed by atoms with Crippen LogP contribution in [-0.2, 0) is 0 Å². The molecule has 0 aliphatic rings. The van der Waals surface area contributed by atoms with Gasteiger partial charge in [0.25, 0.3) is 0 Å². The molecule has 0 saturated carbocycles. The fourth-order valence-corrected chi connectivity index (χ4v) is 4.54. The molecule has 19 heavy (non-hydrogen) atoms. The van der Waals surface area contributed by atoms with Crippen molar-refractivity contribution in [3.8, 4) is 5.69 Å². The number of thiophene rings is 1. The number of aromatic nitrogens is 2. The molecular formula is C14H10Br2N2S. The average molecular weight is 398 g/mol. The first-order valence-corrected chi connectivity index (χ1v) is 8.31. The van der Waals surface area contributed by atoms with Crippen LogP contribution < -0.4 is 0 Å². The summed E-state index contributed by atoms with van der Waals surface area (Å²) in [7, 11) is 0. The van der Waals surface area contributed by atoms with Crippen molar-refractivity contribution in [2.75, 3.05) is 0 Å². The van der Waals surface area contributed by atoms with Gasteiger partial charge in [-0.15, -0.1) is 11.3 Å². The number of hydrogen-bond donors (Lipinski definition) is 0. The number of rotatable bonds is 3. The standard InChI is InChI=1S/C14H10Br2N2S/c15-12-6-7-19-14(12)13(16)10-8-17-18(9-10)11-4-2-1-3-5-11/h1-9,13H. The van der Waals surface area contributed by atoms with Crippen LogP contribution in [-0.4, -0.2) is 9.78 Å². The van der Waals surface area contributed by atoms with Crippen molar-refractivity contribution in [1.29, 1.82) is 0 Å². The van der Waals surface area contributed by atoms with E-state index in [1.807, 2.05) is 41.2 Å². The molecule has 0 aliphatic heterocycles. The van der Waals surface area contributed by atoms with Gasteiger partial charge >= 0.3 is 0 Å².